The predicted octanol–water partition coefficient (Wildman–Crippen LogP) is 3.49. The van der Waals surface area contributed by atoms with Crippen molar-refractivity contribution in [3.63, 3.8) is 0 Å². The summed E-state index contributed by atoms with van der Waals surface area (Å²) in [4.78, 5) is 31.5. The molecule has 29 heavy (non-hydrogen) atoms. The largest absolute Gasteiger partial charge is 0.350 e. The minimum Gasteiger partial charge on any atom is -0.341 e. The summed E-state index contributed by atoms with van der Waals surface area (Å²) in [6.07, 6.45) is 4.91. The number of rotatable bonds is 9. The maximum absolute atomic E-state index is 12.7. The molecule has 7 nitrogen and oxygen atoms in total. The van der Waals surface area contributed by atoms with Crippen LogP contribution in [0.5, 0.6) is 0 Å². The third-order valence-electron chi connectivity index (χ3n) is 4.38. The summed E-state index contributed by atoms with van der Waals surface area (Å²) >= 11 is 7.42. The SMILES string of the molecule is CCCN(CCC)C(=O)Cn1nc2c(SCc3ccc(Cl)cc3)nccn2c1=O. The Kier molecular flexibility index (Phi) is 7.33. The van der Waals surface area contributed by atoms with Crippen molar-refractivity contribution < 1.29 is 4.79 Å². The molecule has 0 fully saturated rings. The molecule has 9 heteroatoms. The zero-order chi connectivity index (χ0) is 20.8. The second-order valence-electron chi connectivity index (χ2n) is 6.66. The van der Waals surface area contributed by atoms with E-state index >= 15 is 0 Å². The van der Waals surface area contributed by atoms with Crippen LogP contribution in [0.4, 0.5) is 0 Å². The van der Waals surface area contributed by atoms with Gasteiger partial charge in [0.05, 0.1) is 0 Å². The average Bonchev–Trinajstić information content (AvgIpc) is 3.03. The Labute approximate surface area is 178 Å². The zero-order valence-corrected chi connectivity index (χ0v) is 18.1. The molecule has 0 saturated carbocycles. The first kappa shape index (κ1) is 21.4. The highest BCUT2D eigenvalue weighted by molar-refractivity contribution is 7.98. The minimum atomic E-state index is -0.336. The summed E-state index contributed by atoms with van der Waals surface area (Å²) in [6.45, 7) is 5.35. The van der Waals surface area contributed by atoms with Gasteiger partial charge in [-0.05, 0) is 30.5 Å². The van der Waals surface area contributed by atoms with E-state index in [1.807, 2.05) is 38.1 Å². The van der Waals surface area contributed by atoms with Crippen molar-refractivity contribution in [1.29, 1.82) is 0 Å². The maximum Gasteiger partial charge on any atom is 0.350 e. The lowest BCUT2D eigenvalue weighted by Gasteiger charge is -2.20. The van der Waals surface area contributed by atoms with Crippen LogP contribution in [0.2, 0.25) is 5.02 Å². The molecule has 0 aliphatic carbocycles. The van der Waals surface area contributed by atoms with Crippen LogP contribution in [-0.2, 0) is 17.1 Å². The number of hydrogen-bond donors (Lipinski definition) is 0. The van der Waals surface area contributed by atoms with Crippen molar-refractivity contribution in [2.24, 2.45) is 0 Å². The van der Waals surface area contributed by atoms with Gasteiger partial charge in [0.15, 0.2) is 5.65 Å². The predicted molar refractivity (Wildman–Crippen MR) is 115 cm³/mol. The molecule has 0 N–H and O–H groups in total. The molecule has 0 aliphatic rings. The Hall–Kier alpha value is -2.32. The fourth-order valence-corrected chi connectivity index (χ4v) is 4.02. The van der Waals surface area contributed by atoms with Crippen molar-refractivity contribution in [3.05, 3.63) is 57.7 Å². The number of nitrogens with zero attached hydrogens (tertiary/aromatic N) is 5. The highest BCUT2D eigenvalue weighted by atomic mass is 35.5. The van der Waals surface area contributed by atoms with Crippen molar-refractivity contribution >= 4 is 34.9 Å². The number of thioether (sulfide) groups is 1. The standard InChI is InChI=1S/C20H24ClN5O2S/c1-3-10-24(11-4-2)17(27)13-26-20(28)25-12-9-22-19(18(25)23-26)29-14-15-5-7-16(21)8-6-15/h5-9,12H,3-4,10-11,13-14H2,1-2H3. The number of amides is 1. The topological polar surface area (TPSA) is 72.5 Å². The number of aromatic nitrogens is 4. The number of fused-ring (bicyclic) bond motifs is 1. The van der Waals surface area contributed by atoms with Crippen LogP contribution < -0.4 is 5.69 Å². The van der Waals surface area contributed by atoms with Gasteiger partial charge in [-0.1, -0.05) is 49.3 Å². The van der Waals surface area contributed by atoms with Gasteiger partial charge in [-0.3, -0.25) is 4.79 Å². The van der Waals surface area contributed by atoms with Crippen molar-refractivity contribution in [2.75, 3.05) is 13.1 Å². The summed E-state index contributed by atoms with van der Waals surface area (Å²) in [5, 5.41) is 5.73. The number of halogens is 1. The van der Waals surface area contributed by atoms with Crippen LogP contribution in [0.1, 0.15) is 32.3 Å². The Bertz CT molecular complexity index is 1030. The van der Waals surface area contributed by atoms with Gasteiger partial charge in [0.25, 0.3) is 0 Å². The van der Waals surface area contributed by atoms with Crippen LogP contribution in [0, 0.1) is 0 Å². The normalized spacial score (nSPS) is 11.1. The Morgan fingerprint density at radius 1 is 1.17 bits per heavy atom. The number of benzene rings is 1. The van der Waals surface area contributed by atoms with Crippen LogP contribution >= 0.6 is 23.4 Å². The average molecular weight is 434 g/mol. The van der Waals surface area contributed by atoms with E-state index in [2.05, 4.69) is 10.1 Å². The van der Waals surface area contributed by atoms with Gasteiger partial charge in [0.1, 0.15) is 11.6 Å². The van der Waals surface area contributed by atoms with E-state index in [1.165, 1.54) is 20.8 Å². The van der Waals surface area contributed by atoms with Gasteiger partial charge in [-0.15, -0.1) is 5.10 Å². The van der Waals surface area contributed by atoms with Gasteiger partial charge in [0.2, 0.25) is 5.91 Å². The minimum absolute atomic E-state index is 0.0677. The number of carbonyl (C=O) groups is 1. The Morgan fingerprint density at radius 2 is 1.86 bits per heavy atom. The third kappa shape index (κ3) is 5.19. The molecule has 1 aromatic carbocycles. The van der Waals surface area contributed by atoms with Gasteiger partial charge in [-0.25, -0.2) is 18.9 Å². The fourth-order valence-electron chi connectivity index (χ4n) is 2.99. The van der Waals surface area contributed by atoms with Crippen LogP contribution in [0.15, 0.2) is 46.5 Å². The van der Waals surface area contributed by atoms with E-state index < -0.39 is 0 Å². The van der Waals surface area contributed by atoms with Crippen molar-refractivity contribution in [3.8, 4) is 0 Å². The molecule has 1 amide bonds. The highest BCUT2D eigenvalue weighted by Gasteiger charge is 2.18. The molecule has 3 rings (SSSR count). The fraction of sp³-hybridized carbons (Fsp3) is 0.400. The lowest BCUT2D eigenvalue weighted by Crippen LogP contribution is -2.37. The zero-order valence-electron chi connectivity index (χ0n) is 16.5. The van der Waals surface area contributed by atoms with Gasteiger partial charge >= 0.3 is 5.69 Å². The molecule has 0 bridgehead atoms. The van der Waals surface area contributed by atoms with Crippen LogP contribution in [0.3, 0.4) is 0 Å². The monoisotopic (exact) mass is 433 g/mol. The molecule has 3 aromatic rings. The lowest BCUT2D eigenvalue weighted by atomic mass is 10.2. The van der Waals surface area contributed by atoms with Gasteiger partial charge in [-0.2, -0.15) is 0 Å². The molecule has 0 aliphatic heterocycles. The van der Waals surface area contributed by atoms with Gasteiger partial charge < -0.3 is 4.90 Å². The summed E-state index contributed by atoms with van der Waals surface area (Å²) in [6, 6.07) is 7.59. The van der Waals surface area contributed by atoms with E-state index in [0.29, 0.717) is 34.5 Å². The van der Waals surface area contributed by atoms with E-state index in [4.69, 9.17) is 11.6 Å². The third-order valence-corrected chi connectivity index (χ3v) is 5.67. The van der Waals surface area contributed by atoms with E-state index in [-0.39, 0.29) is 18.1 Å². The summed E-state index contributed by atoms with van der Waals surface area (Å²) in [7, 11) is 0. The van der Waals surface area contributed by atoms with Crippen molar-refractivity contribution in [2.45, 2.75) is 44.0 Å². The van der Waals surface area contributed by atoms with E-state index in [9.17, 15) is 9.59 Å². The summed E-state index contributed by atoms with van der Waals surface area (Å²) < 4.78 is 2.67. The summed E-state index contributed by atoms with van der Waals surface area (Å²) in [5.74, 6) is 0.576. The second kappa shape index (κ2) is 9.93. The van der Waals surface area contributed by atoms with Crippen LogP contribution in [0.25, 0.3) is 5.65 Å². The quantitative estimate of drug-likeness (QED) is 0.483. The number of carbonyl (C=O) groups excluding carboxylic acids is 1. The van der Waals surface area contributed by atoms with Crippen LogP contribution in [-0.4, -0.2) is 43.1 Å². The molecule has 0 unspecified atom stereocenters. The first-order valence-corrected chi connectivity index (χ1v) is 11.0. The molecule has 2 aromatic heterocycles. The first-order valence-electron chi connectivity index (χ1n) is 9.62. The number of hydrogen-bond acceptors (Lipinski definition) is 5. The molecule has 0 saturated heterocycles. The lowest BCUT2D eigenvalue weighted by molar-refractivity contribution is -0.132. The molecule has 0 spiro atoms. The Morgan fingerprint density at radius 3 is 2.52 bits per heavy atom. The Balaban J connectivity index is 1.81. The first-order chi connectivity index (χ1) is 14.0. The summed E-state index contributed by atoms with van der Waals surface area (Å²) in [5.41, 5.74) is 1.22. The van der Waals surface area contributed by atoms with E-state index in [1.54, 1.807) is 17.3 Å². The highest BCUT2D eigenvalue weighted by Crippen LogP contribution is 2.24. The molecule has 0 radical (unpaired) electrons. The molecular formula is C20H24ClN5O2S. The molecule has 154 valence electrons. The smallest absolute Gasteiger partial charge is 0.341 e. The maximum atomic E-state index is 12.7. The molecular weight excluding hydrogens is 410 g/mol. The molecule has 2 heterocycles. The van der Waals surface area contributed by atoms with Crippen molar-refractivity contribution in [1.82, 2.24) is 24.1 Å². The van der Waals surface area contributed by atoms with E-state index in [0.717, 1.165) is 18.4 Å². The van der Waals surface area contributed by atoms with Gasteiger partial charge in [0, 0.05) is 36.3 Å². The second-order valence-corrected chi connectivity index (χ2v) is 8.06. The molecule has 0 atom stereocenters.